The highest BCUT2D eigenvalue weighted by Crippen LogP contribution is 2.49. The van der Waals surface area contributed by atoms with Gasteiger partial charge in [-0.05, 0) is 6.92 Å². The highest BCUT2D eigenvalue weighted by atomic mass is 31.2. The molecule has 9 heteroatoms. The standard InChI is InChI=1S/C12H19O8P/c1-4-11(13)16-7-9-19-21(15,18-6-3)20-10-8-17-12(14)5-2/h4-5H,1-2,6-10H2,3H3. The number of ether oxygens (including phenoxy) is 2. The van der Waals surface area contributed by atoms with E-state index in [1.807, 2.05) is 0 Å². The molecule has 0 amide bonds. The molecule has 120 valence electrons. The second kappa shape index (κ2) is 11.2. The maximum absolute atomic E-state index is 12.1. The highest BCUT2D eigenvalue weighted by Gasteiger charge is 2.26. The van der Waals surface area contributed by atoms with Crippen molar-refractivity contribution < 1.29 is 37.2 Å². The Morgan fingerprint density at radius 3 is 1.67 bits per heavy atom. The summed E-state index contributed by atoms with van der Waals surface area (Å²) in [6.07, 6.45) is 1.99. The number of phosphoric acid groups is 1. The fourth-order valence-corrected chi connectivity index (χ4v) is 2.11. The lowest BCUT2D eigenvalue weighted by Gasteiger charge is -2.17. The van der Waals surface area contributed by atoms with E-state index in [9.17, 15) is 14.2 Å². The van der Waals surface area contributed by atoms with Crippen molar-refractivity contribution in [3.05, 3.63) is 25.3 Å². The van der Waals surface area contributed by atoms with Gasteiger partial charge in [-0.3, -0.25) is 13.6 Å². The normalized spacial score (nSPS) is 10.7. The summed E-state index contributed by atoms with van der Waals surface area (Å²) < 4.78 is 36.1. The quantitative estimate of drug-likeness (QED) is 0.231. The van der Waals surface area contributed by atoms with Crippen LogP contribution in [0.5, 0.6) is 0 Å². The van der Waals surface area contributed by atoms with Crippen molar-refractivity contribution in [1.82, 2.24) is 0 Å². The monoisotopic (exact) mass is 322 g/mol. The van der Waals surface area contributed by atoms with Crippen molar-refractivity contribution in [2.45, 2.75) is 6.92 Å². The molecule has 0 aromatic rings. The van der Waals surface area contributed by atoms with Crippen molar-refractivity contribution in [3.8, 4) is 0 Å². The molecule has 0 fully saturated rings. The maximum Gasteiger partial charge on any atom is 0.475 e. The molecule has 0 radical (unpaired) electrons. The predicted molar refractivity (Wildman–Crippen MR) is 73.4 cm³/mol. The lowest BCUT2D eigenvalue weighted by Crippen LogP contribution is -2.12. The van der Waals surface area contributed by atoms with Crippen LogP contribution in [0.1, 0.15) is 6.92 Å². The summed E-state index contributed by atoms with van der Waals surface area (Å²) in [6.45, 7) is 7.53. The molecule has 0 heterocycles. The molecule has 0 spiro atoms. The van der Waals surface area contributed by atoms with Gasteiger partial charge in [0.05, 0.1) is 19.8 Å². The molecule has 0 bridgehead atoms. The average molecular weight is 322 g/mol. The van der Waals surface area contributed by atoms with E-state index in [4.69, 9.17) is 13.6 Å². The lowest BCUT2D eigenvalue weighted by atomic mass is 10.6. The topological polar surface area (TPSA) is 97.4 Å². The first-order valence-electron chi connectivity index (χ1n) is 6.09. The number of hydrogen-bond acceptors (Lipinski definition) is 8. The van der Waals surface area contributed by atoms with Crippen molar-refractivity contribution in [2.75, 3.05) is 33.0 Å². The van der Waals surface area contributed by atoms with E-state index in [-0.39, 0.29) is 33.0 Å². The van der Waals surface area contributed by atoms with E-state index in [1.165, 1.54) is 0 Å². The van der Waals surface area contributed by atoms with Gasteiger partial charge < -0.3 is 9.47 Å². The van der Waals surface area contributed by atoms with Gasteiger partial charge in [0, 0.05) is 12.2 Å². The summed E-state index contributed by atoms with van der Waals surface area (Å²) in [5, 5.41) is 0. The van der Waals surface area contributed by atoms with Gasteiger partial charge >= 0.3 is 19.8 Å². The average Bonchev–Trinajstić information content (AvgIpc) is 2.48. The zero-order valence-corrected chi connectivity index (χ0v) is 12.7. The highest BCUT2D eigenvalue weighted by molar-refractivity contribution is 7.48. The molecule has 0 N–H and O–H groups in total. The number of phosphoric ester groups is 1. The Labute approximate surface area is 123 Å². The van der Waals surface area contributed by atoms with E-state index in [0.29, 0.717) is 0 Å². The van der Waals surface area contributed by atoms with Crippen LogP contribution >= 0.6 is 7.82 Å². The number of carbonyl (C=O) groups excluding carboxylic acids is 2. The molecule has 0 atom stereocenters. The lowest BCUT2D eigenvalue weighted by molar-refractivity contribution is -0.139. The Balaban J connectivity index is 4.07. The molecular weight excluding hydrogens is 303 g/mol. The summed E-state index contributed by atoms with van der Waals surface area (Å²) in [5.74, 6) is -1.25. The first kappa shape index (κ1) is 19.5. The van der Waals surface area contributed by atoms with E-state index in [0.717, 1.165) is 12.2 Å². The van der Waals surface area contributed by atoms with Crippen LogP contribution in [-0.4, -0.2) is 45.0 Å². The summed E-state index contributed by atoms with van der Waals surface area (Å²) in [5.41, 5.74) is 0. The largest absolute Gasteiger partial charge is 0.475 e. The SMILES string of the molecule is C=CC(=O)OCCOP(=O)(OCC)OCCOC(=O)C=C. The van der Waals surface area contributed by atoms with E-state index < -0.39 is 19.8 Å². The van der Waals surface area contributed by atoms with Crippen molar-refractivity contribution in [3.63, 3.8) is 0 Å². The minimum Gasteiger partial charge on any atom is -0.460 e. The van der Waals surface area contributed by atoms with Gasteiger partial charge in [0.1, 0.15) is 13.2 Å². The molecular formula is C12H19O8P. The molecule has 0 rings (SSSR count). The van der Waals surface area contributed by atoms with Crippen LogP contribution in [0.15, 0.2) is 25.3 Å². The van der Waals surface area contributed by atoms with Crippen LogP contribution < -0.4 is 0 Å². The number of hydrogen-bond donors (Lipinski definition) is 0. The van der Waals surface area contributed by atoms with Crippen molar-refractivity contribution in [1.29, 1.82) is 0 Å². The third-order valence-electron chi connectivity index (χ3n) is 1.77. The van der Waals surface area contributed by atoms with Crippen molar-refractivity contribution in [2.24, 2.45) is 0 Å². The molecule has 8 nitrogen and oxygen atoms in total. The van der Waals surface area contributed by atoms with E-state index in [2.05, 4.69) is 22.6 Å². The number of carbonyl (C=O) groups is 2. The number of esters is 2. The molecule has 21 heavy (non-hydrogen) atoms. The van der Waals surface area contributed by atoms with Gasteiger partial charge in [-0.25, -0.2) is 14.2 Å². The molecule has 0 aliphatic carbocycles. The van der Waals surface area contributed by atoms with Gasteiger partial charge in [-0.1, -0.05) is 13.2 Å². The van der Waals surface area contributed by atoms with Crippen molar-refractivity contribution >= 4 is 19.8 Å². The Hall–Kier alpha value is -1.47. The third kappa shape index (κ3) is 9.97. The van der Waals surface area contributed by atoms with Gasteiger partial charge in [-0.15, -0.1) is 0 Å². The smallest absolute Gasteiger partial charge is 0.460 e. The molecule has 0 aliphatic rings. The summed E-state index contributed by atoms with van der Waals surface area (Å²) in [6, 6.07) is 0. The fourth-order valence-electron chi connectivity index (χ4n) is 0.970. The molecule has 0 aliphatic heterocycles. The Bertz CT molecular complexity index is 374. The summed E-state index contributed by atoms with van der Waals surface area (Å²) in [7, 11) is -3.79. The van der Waals surface area contributed by atoms with E-state index in [1.54, 1.807) is 6.92 Å². The molecule has 0 unspecified atom stereocenters. The van der Waals surface area contributed by atoms with Crippen LogP contribution in [0, 0.1) is 0 Å². The van der Waals surface area contributed by atoms with Crippen LogP contribution in [0.3, 0.4) is 0 Å². The zero-order valence-electron chi connectivity index (χ0n) is 11.8. The minimum atomic E-state index is -3.79. The van der Waals surface area contributed by atoms with E-state index >= 15 is 0 Å². The minimum absolute atomic E-state index is 0.0934. The fraction of sp³-hybridized carbons (Fsp3) is 0.500. The van der Waals surface area contributed by atoms with Gasteiger partial charge in [0.25, 0.3) is 0 Å². The third-order valence-corrected chi connectivity index (χ3v) is 3.35. The first-order valence-corrected chi connectivity index (χ1v) is 7.55. The molecule has 0 aromatic carbocycles. The first-order chi connectivity index (χ1) is 9.97. The molecule has 0 aromatic heterocycles. The van der Waals surface area contributed by atoms with Crippen LogP contribution in [0.25, 0.3) is 0 Å². The molecule has 0 saturated carbocycles. The van der Waals surface area contributed by atoms with Crippen LogP contribution in [0.2, 0.25) is 0 Å². The summed E-state index contributed by atoms with van der Waals surface area (Å²) in [4.78, 5) is 21.6. The Morgan fingerprint density at radius 1 is 0.905 bits per heavy atom. The van der Waals surface area contributed by atoms with Crippen LogP contribution in [0.4, 0.5) is 0 Å². The van der Waals surface area contributed by atoms with Gasteiger partial charge in [0.15, 0.2) is 0 Å². The second-order valence-electron chi connectivity index (χ2n) is 3.27. The Kier molecular flexibility index (Phi) is 10.4. The van der Waals surface area contributed by atoms with Gasteiger partial charge in [-0.2, -0.15) is 0 Å². The predicted octanol–water partition coefficient (Wildman–Crippen LogP) is 1.62. The maximum atomic E-state index is 12.1. The summed E-state index contributed by atoms with van der Waals surface area (Å²) >= 11 is 0. The molecule has 0 saturated heterocycles. The van der Waals surface area contributed by atoms with Gasteiger partial charge in [0.2, 0.25) is 0 Å². The number of rotatable bonds is 12. The van der Waals surface area contributed by atoms with Crippen LogP contribution in [-0.2, 0) is 37.2 Å². The zero-order chi connectivity index (χ0) is 16.1. The Morgan fingerprint density at radius 2 is 1.33 bits per heavy atom. The second-order valence-corrected chi connectivity index (χ2v) is 4.94.